The van der Waals surface area contributed by atoms with Crippen molar-refractivity contribution < 1.29 is 17.9 Å². The van der Waals surface area contributed by atoms with Crippen LogP contribution in [-0.2, 0) is 19.6 Å². The van der Waals surface area contributed by atoms with Crippen molar-refractivity contribution >= 4 is 27.0 Å². The van der Waals surface area contributed by atoms with Crippen LogP contribution in [0.5, 0.6) is 0 Å². The van der Waals surface area contributed by atoms with Gasteiger partial charge in [-0.05, 0) is 50.8 Å². The number of nitrogens with one attached hydrogen (secondary N) is 2. The second-order valence-electron chi connectivity index (χ2n) is 6.19. The summed E-state index contributed by atoms with van der Waals surface area (Å²) < 4.78 is 32.7. The van der Waals surface area contributed by atoms with E-state index in [-0.39, 0.29) is 22.8 Å². The normalized spacial score (nSPS) is 21.8. The average molecular weight is 351 g/mol. The molecule has 0 radical (unpaired) electrons. The van der Waals surface area contributed by atoms with Crippen LogP contribution in [0.2, 0.25) is 0 Å². The molecular formula is C16H21N3O4S. The van der Waals surface area contributed by atoms with E-state index in [4.69, 9.17) is 4.74 Å². The van der Waals surface area contributed by atoms with Gasteiger partial charge in [0.05, 0.1) is 29.0 Å². The molecule has 0 bridgehead atoms. The molecule has 3 rings (SSSR count). The van der Waals surface area contributed by atoms with Crippen LogP contribution in [0.4, 0.5) is 0 Å². The van der Waals surface area contributed by atoms with Gasteiger partial charge in [0, 0.05) is 6.04 Å². The second-order valence-corrected chi connectivity index (χ2v) is 7.91. The number of hydrogen-bond donors (Lipinski definition) is 2. The molecule has 2 N–H and O–H groups in total. The predicted octanol–water partition coefficient (Wildman–Crippen LogP) is 1.88. The molecular weight excluding hydrogens is 330 g/mol. The molecule has 1 aliphatic carbocycles. The first-order chi connectivity index (χ1) is 11.4. The van der Waals surface area contributed by atoms with E-state index in [9.17, 15) is 13.2 Å². The number of hydrogen-bond acceptors (Lipinski definition) is 5. The molecule has 1 aromatic carbocycles. The van der Waals surface area contributed by atoms with Crippen LogP contribution >= 0.6 is 0 Å². The quantitative estimate of drug-likeness (QED) is 0.819. The minimum atomic E-state index is -3.60. The molecule has 130 valence electrons. The van der Waals surface area contributed by atoms with E-state index < -0.39 is 10.0 Å². The van der Waals surface area contributed by atoms with Gasteiger partial charge in [0.15, 0.2) is 0 Å². The zero-order chi connectivity index (χ0) is 17.3. The van der Waals surface area contributed by atoms with Crippen molar-refractivity contribution in [3.05, 3.63) is 24.0 Å². The fraction of sp³-hybridized carbons (Fsp3) is 0.500. The smallest absolute Gasteiger partial charge is 0.308 e. The molecule has 1 aromatic heterocycles. The maximum atomic E-state index is 12.6. The number of sulfonamides is 1. The van der Waals surface area contributed by atoms with Crippen molar-refractivity contribution in [3.63, 3.8) is 0 Å². The van der Waals surface area contributed by atoms with Gasteiger partial charge < -0.3 is 9.72 Å². The standard InChI is InChI=1S/C16H21N3O4S/c1-10-17-14-8-7-13(9-15(14)18-10)24(21,22)19-12-5-3-11(4-6-12)16(20)23-2/h7-9,11-12,19H,3-6H2,1-2H3,(H,17,18). The van der Waals surface area contributed by atoms with Crippen LogP contribution in [0.3, 0.4) is 0 Å². The third-order valence-corrected chi connectivity index (χ3v) is 5.98. The molecule has 0 spiro atoms. The molecule has 24 heavy (non-hydrogen) atoms. The Labute approximate surface area is 140 Å². The number of esters is 1. The number of H-pyrrole nitrogens is 1. The Morgan fingerprint density at radius 3 is 2.67 bits per heavy atom. The van der Waals surface area contributed by atoms with Crippen molar-refractivity contribution in [2.75, 3.05) is 7.11 Å². The molecule has 1 aliphatic rings. The summed E-state index contributed by atoms with van der Waals surface area (Å²) in [6.07, 6.45) is 2.53. The van der Waals surface area contributed by atoms with Gasteiger partial charge in [-0.2, -0.15) is 0 Å². The van der Waals surface area contributed by atoms with Crippen molar-refractivity contribution in [2.24, 2.45) is 5.92 Å². The molecule has 0 saturated heterocycles. The average Bonchev–Trinajstić information content (AvgIpc) is 2.93. The Hall–Kier alpha value is -1.93. The van der Waals surface area contributed by atoms with Crippen LogP contribution in [0.15, 0.2) is 23.1 Å². The largest absolute Gasteiger partial charge is 0.469 e. The van der Waals surface area contributed by atoms with E-state index in [2.05, 4.69) is 14.7 Å². The highest BCUT2D eigenvalue weighted by Crippen LogP contribution is 2.26. The molecule has 1 fully saturated rings. The maximum absolute atomic E-state index is 12.6. The van der Waals surface area contributed by atoms with Gasteiger partial charge in [0.2, 0.25) is 10.0 Å². The van der Waals surface area contributed by atoms with Crippen molar-refractivity contribution in [2.45, 2.75) is 43.5 Å². The highest BCUT2D eigenvalue weighted by molar-refractivity contribution is 7.89. The third-order valence-electron chi connectivity index (χ3n) is 4.47. The Morgan fingerprint density at radius 1 is 1.29 bits per heavy atom. The number of aromatic amines is 1. The predicted molar refractivity (Wildman–Crippen MR) is 88.9 cm³/mol. The van der Waals surface area contributed by atoms with Gasteiger partial charge in [-0.25, -0.2) is 18.1 Å². The number of methoxy groups -OCH3 is 1. The van der Waals surface area contributed by atoms with E-state index in [1.54, 1.807) is 18.2 Å². The van der Waals surface area contributed by atoms with E-state index in [1.165, 1.54) is 7.11 Å². The highest BCUT2D eigenvalue weighted by Gasteiger charge is 2.29. The fourth-order valence-electron chi connectivity index (χ4n) is 3.18. The summed E-state index contributed by atoms with van der Waals surface area (Å²) in [5.41, 5.74) is 1.44. The molecule has 1 saturated carbocycles. The SMILES string of the molecule is COC(=O)C1CCC(NS(=O)(=O)c2ccc3nc(C)[nH]c3c2)CC1. The number of carbonyl (C=O) groups is 1. The fourth-order valence-corrected chi connectivity index (χ4v) is 4.52. The Balaban J connectivity index is 1.70. The summed E-state index contributed by atoms with van der Waals surface area (Å²) in [4.78, 5) is 19.1. The number of rotatable bonds is 4. The molecule has 0 amide bonds. The van der Waals surface area contributed by atoms with Gasteiger partial charge >= 0.3 is 5.97 Å². The zero-order valence-electron chi connectivity index (χ0n) is 13.7. The monoisotopic (exact) mass is 351 g/mol. The maximum Gasteiger partial charge on any atom is 0.308 e. The summed E-state index contributed by atoms with van der Waals surface area (Å²) in [7, 11) is -2.22. The summed E-state index contributed by atoms with van der Waals surface area (Å²) >= 11 is 0. The summed E-state index contributed by atoms with van der Waals surface area (Å²) in [5.74, 6) is 0.407. The Morgan fingerprint density at radius 2 is 2.00 bits per heavy atom. The van der Waals surface area contributed by atoms with Crippen molar-refractivity contribution in [1.82, 2.24) is 14.7 Å². The van der Waals surface area contributed by atoms with Crippen molar-refractivity contribution in [3.8, 4) is 0 Å². The summed E-state index contributed by atoms with van der Waals surface area (Å²) in [6, 6.07) is 4.69. The van der Waals surface area contributed by atoms with E-state index in [1.807, 2.05) is 6.92 Å². The van der Waals surface area contributed by atoms with Gasteiger partial charge in [0.25, 0.3) is 0 Å². The molecule has 1 heterocycles. The lowest BCUT2D eigenvalue weighted by atomic mass is 9.86. The molecule has 8 heteroatoms. The minimum Gasteiger partial charge on any atom is -0.469 e. The van der Waals surface area contributed by atoms with Crippen LogP contribution in [0.25, 0.3) is 11.0 Å². The number of carbonyl (C=O) groups excluding carboxylic acids is 1. The van der Waals surface area contributed by atoms with Gasteiger partial charge in [-0.3, -0.25) is 4.79 Å². The number of ether oxygens (including phenoxy) is 1. The summed E-state index contributed by atoms with van der Waals surface area (Å²) in [5, 5.41) is 0. The first-order valence-corrected chi connectivity index (χ1v) is 9.44. The van der Waals surface area contributed by atoms with Gasteiger partial charge in [-0.1, -0.05) is 0 Å². The number of nitrogens with zero attached hydrogens (tertiary/aromatic N) is 1. The first kappa shape index (κ1) is 16.9. The lowest BCUT2D eigenvalue weighted by Crippen LogP contribution is -2.38. The lowest BCUT2D eigenvalue weighted by molar-refractivity contribution is -0.146. The Kier molecular flexibility index (Phi) is 4.60. The number of aromatic nitrogens is 2. The first-order valence-electron chi connectivity index (χ1n) is 7.95. The zero-order valence-corrected chi connectivity index (χ0v) is 14.5. The van der Waals surface area contributed by atoms with Gasteiger partial charge in [-0.15, -0.1) is 0 Å². The molecule has 0 atom stereocenters. The molecule has 7 nitrogen and oxygen atoms in total. The summed E-state index contributed by atoms with van der Waals surface area (Å²) in [6.45, 7) is 1.83. The third kappa shape index (κ3) is 3.44. The van der Waals surface area contributed by atoms with E-state index >= 15 is 0 Å². The second kappa shape index (κ2) is 6.52. The number of benzene rings is 1. The minimum absolute atomic E-state index is 0.125. The van der Waals surface area contributed by atoms with E-state index in [0.717, 1.165) is 11.3 Å². The Bertz CT molecular complexity index is 851. The lowest BCUT2D eigenvalue weighted by Gasteiger charge is -2.27. The van der Waals surface area contributed by atoms with Crippen LogP contribution < -0.4 is 4.72 Å². The molecule has 0 unspecified atom stereocenters. The van der Waals surface area contributed by atoms with Crippen LogP contribution in [0.1, 0.15) is 31.5 Å². The number of aryl methyl sites for hydroxylation is 1. The molecule has 2 aromatic rings. The van der Waals surface area contributed by atoms with Crippen LogP contribution in [0, 0.1) is 12.8 Å². The number of imidazole rings is 1. The topological polar surface area (TPSA) is 101 Å². The van der Waals surface area contributed by atoms with Crippen molar-refractivity contribution in [1.29, 1.82) is 0 Å². The highest BCUT2D eigenvalue weighted by atomic mass is 32.2. The number of fused-ring (bicyclic) bond motifs is 1. The van der Waals surface area contributed by atoms with Crippen LogP contribution in [-0.4, -0.2) is 37.5 Å². The molecule has 0 aliphatic heterocycles. The van der Waals surface area contributed by atoms with Gasteiger partial charge in [0.1, 0.15) is 5.82 Å². The van der Waals surface area contributed by atoms with E-state index in [0.29, 0.717) is 31.2 Å².